The van der Waals surface area contributed by atoms with Crippen molar-refractivity contribution in [2.24, 2.45) is 11.5 Å². The van der Waals surface area contributed by atoms with E-state index >= 15 is 0 Å². The Balaban J connectivity index is 2.53. The molecule has 116 valence electrons. The van der Waals surface area contributed by atoms with Gasteiger partial charge in [0.2, 0.25) is 11.8 Å². The summed E-state index contributed by atoms with van der Waals surface area (Å²) in [5.74, 6) is -1.06. The second-order valence-electron chi connectivity index (χ2n) is 5.34. The van der Waals surface area contributed by atoms with E-state index in [1.165, 1.54) is 6.07 Å². The monoisotopic (exact) mass is 295 g/mol. The number of nitrogens with one attached hydrogen (secondary N) is 1. The molecule has 0 saturated carbocycles. The number of primary amides is 1. The molecule has 0 fully saturated rings. The molecule has 1 atom stereocenters. The van der Waals surface area contributed by atoms with Crippen LogP contribution < -0.4 is 16.8 Å². The minimum atomic E-state index is -0.794. The van der Waals surface area contributed by atoms with Crippen LogP contribution in [0.15, 0.2) is 18.2 Å². The SMILES string of the molecule is CC(C)c1ccc(CNC(=O)[C@@H](N)CCC(N)=O)cc1F. The molecule has 1 aromatic rings. The van der Waals surface area contributed by atoms with E-state index in [1.54, 1.807) is 12.1 Å². The lowest BCUT2D eigenvalue weighted by Gasteiger charge is -2.13. The summed E-state index contributed by atoms with van der Waals surface area (Å²) >= 11 is 0. The van der Waals surface area contributed by atoms with Crippen molar-refractivity contribution in [2.75, 3.05) is 0 Å². The summed E-state index contributed by atoms with van der Waals surface area (Å²) in [4.78, 5) is 22.3. The van der Waals surface area contributed by atoms with E-state index in [0.717, 1.165) is 0 Å². The Morgan fingerprint density at radius 3 is 2.52 bits per heavy atom. The van der Waals surface area contributed by atoms with Crippen molar-refractivity contribution in [1.29, 1.82) is 0 Å². The molecule has 0 spiro atoms. The average Bonchev–Trinajstić information content (AvgIpc) is 2.41. The second-order valence-corrected chi connectivity index (χ2v) is 5.34. The first-order chi connectivity index (χ1) is 9.81. The van der Waals surface area contributed by atoms with Crippen molar-refractivity contribution in [3.05, 3.63) is 35.1 Å². The Kier molecular flexibility index (Phi) is 6.30. The van der Waals surface area contributed by atoms with Gasteiger partial charge in [0, 0.05) is 13.0 Å². The summed E-state index contributed by atoms with van der Waals surface area (Å²) in [7, 11) is 0. The van der Waals surface area contributed by atoms with Crippen LogP contribution in [-0.4, -0.2) is 17.9 Å². The third kappa shape index (κ3) is 5.51. The average molecular weight is 295 g/mol. The van der Waals surface area contributed by atoms with E-state index in [-0.39, 0.29) is 37.0 Å². The molecule has 6 heteroatoms. The fourth-order valence-electron chi connectivity index (χ4n) is 1.90. The van der Waals surface area contributed by atoms with Crippen LogP contribution in [0.2, 0.25) is 0 Å². The van der Waals surface area contributed by atoms with Crippen molar-refractivity contribution in [3.63, 3.8) is 0 Å². The molecule has 0 radical (unpaired) electrons. The van der Waals surface area contributed by atoms with Gasteiger partial charge in [-0.15, -0.1) is 0 Å². The highest BCUT2D eigenvalue weighted by atomic mass is 19.1. The van der Waals surface area contributed by atoms with Crippen molar-refractivity contribution < 1.29 is 14.0 Å². The van der Waals surface area contributed by atoms with Gasteiger partial charge in [-0.25, -0.2) is 4.39 Å². The number of carbonyl (C=O) groups is 2. The number of hydrogen-bond donors (Lipinski definition) is 3. The van der Waals surface area contributed by atoms with Gasteiger partial charge in [0.25, 0.3) is 0 Å². The molecule has 0 aliphatic carbocycles. The molecule has 0 aliphatic heterocycles. The normalized spacial score (nSPS) is 12.2. The lowest BCUT2D eigenvalue weighted by molar-refractivity contribution is -0.123. The molecule has 5 N–H and O–H groups in total. The van der Waals surface area contributed by atoms with Gasteiger partial charge in [-0.2, -0.15) is 0 Å². The van der Waals surface area contributed by atoms with Gasteiger partial charge in [0.1, 0.15) is 5.82 Å². The van der Waals surface area contributed by atoms with E-state index in [4.69, 9.17) is 11.5 Å². The lowest BCUT2D eigenvalue weighted by atomic mass is 10.0. The topological polar surface area (TPSA) is 98.2 Å². The van der Waals surface area contributed by atoms with Crippen LogP contribution in [-0.2, 0) is 16.1 Å². The van der Waals surface area contributed by atoms with Gasteiger partial charge in [0.15, 0.2) is 0 Å². The van der Waals surface area contributed by atoms with Crippen LogP contribution in [0, 0.1) is 5.82 Å². The van der Waals surface area contributed by atoms with E-state index in [1.807, 2.05) is 13.8 Å². The molecule has 0 saturated heterocycles. The molecule has 0 heterocycles. The molecule has 5 nitrogen and oxygen atoms in total. The van der Waals surface area contributed by atoms with E-state index in [2.05, 4.69) is 5.32 Å². The molecule has 1 aromatic carbocycles. The highest BCUT2D eigenvalue weighted by Gasteiger charge is 2.14. The summed E-state index contributed by atoms with van der Waals surface area (Å²) in [5.41, 5.74) is 11.9. The largest absolute Gasteiger partial charge is 0.370 e. The zero-order valence-corrected chi connectivity index (χ0v) is 12.4. The maximum Gasteiger partial charge on any atom is 0.237 e. The molecule has 2 amide bonds. The van der Waals surface area contributed by atoms with Crippen LogP contribution in [0.25, 0.3) is 0 Å². The van der Waals surface area contributed by atoms with Gasteiger partial charge < -0.3 is 16.8 Å². The summed E-state index contributed by atoms with van der Waals surface area (Å²) in [5, 5.41) is 2.62. The molecule has 0 aromatic heterocycles. The number of hydrogen-bond acceptors (Lipinski definition) is 3. The maximum atomic E-state index is 13.8. The van der Waals surface area contributed by atoms with Crippen molar-refractivity contribution in [2.45, 2.75) is 45.2 Å². The van der Waals surface area contributed by atoms with E-state index < -0.39 is 11.9 Å². The Labute approximate surface area is 123 Å². The first-order valence-corrected chi connectivity index (χ1v) is 6.91. The Morgan fingerprint density at radius 2 is 2.00 bits per heavy atom. The zero-order valence-electron chi connectivity index (χ0n) is 12.4. The number of halogens is 1. The van der Waals surface area contributed by atoms with Gasteiger partial charge in [-0.1, -0.05) is 26.0 Å². The third-order valence-electron chi connectivity index (χ3n) is 3.19. The minimum absolute atomic E-state index is 0.0618. The number of nitrogens with two attached hydrogens (primary N) is 2. The molecule has 0 bridgehead atoms. The fraction of sp³-hybridized carbons (Fsp3) is 0.467. The Morgan fingerprint density at radius 1 is 1.33 bits per heavy atom. The maximum absolute atomic E-state index is 13.8. The second kappa shape index (κ2) is 7.73. The number of carbonyl (C=O) groups excluding carboxylic acids is 2. The molecular weight excluding hydrogens is 273 g/mol. The van der Waals surface area contributed by atoms with Crippen LogP contribution in [0.4, 0.5) is 4.39 Å². The first-order valence-electron chi connectivity index (χ1n) is 6.91. The van der Waals surface area contributed by atoms with Crippen molar-refractivity contribution in [3.8, 4) is 0 Å². The molecule has 0 unspecified atom stereocenters. The van der Waals surface area contributed by atoms with Gasteiger partial charge >= 0.3 is 0 Å². The van der Waals surface area contributed by atoms with Crippen LogP contribution in [0.5, 0.6) is 0 Å². The Bertz CT molecular complexity index is 518. The Hall–Kier alpha value is -1.95. The predicted octanol–water partition coefficient (Wildman–Crippen LogP) is 1.16. The fourth-order valence-corrected chi connectivity index (χ4v) is 1.90. The summed E-state index contributed by atoms with van der Waals surface area (Å²) < 4.78 is 13.8. The van der Waals surface area contributed by atoms with Crippen LogP contribution in [0.3, 0.4) is 0 Å². The summed E-state index contributed by atoms with van der Waals surface area (Å²) in [6, 6.07) is 4.10. The summed E-state index contributed by atoms with van der Waals surface area (Å²) in [6.07, 6.45) is 0.258. The zero-order chi connectivity index (χ0) is 16.0. The molecule has 21 heavy (non-hydrogen) atoms. The minimum Gasteiger partial charge on any atom is -0.370 e. The third-order valence-corrected chi connectivity index (χ3v) is 3.19. The van der Waals surface area contributed by atoms with Crippen LogP contribution >= 0.6 is 0 Å². The standard InChI is InChI=1S/C15H22FN3O2/c1-9(2)11-4-3-10(7-12(11)16)8-19-15(21)13(17)5-6-14(18)20/h3-4,7,9,13H,5-6,8,17H2,1-2H3,(H2,18,20)(H,19,21)/t13-/m0/s1. The number of rotatable bonds is 7. The van der Waals surface area contributed by atoms with Gasteiger partial charge in [-0.05, 0) is 29.5 Å². The van der Waals surface area contributed by atoms with Gasteiger partial charge in [0.05, 0.1) is 6.04 Å². The highest BCUT2D eigenvalue weighted by molar-refractivity contribution is 5.82. The molecule has 1 rings (SSSR count). The van der Waals surface area contributed by atoms with Gasteiger partial charge in [-0.3, -0.25) is 9.59 Å². The first kappa shape index (κ1) is 17.1. The molecular formula is C15H22FN3O2. The lowest BCUT2D eigenvalue weighted by Crippen LogP contribution is -2.40. The number of benzene rings is 1. The summed E-state index contributed by atoms with van der Waals surface area (Å²) in [6.45, 7) is 4.02. The number of amides is 2. The van der Waals surface area contributed by atoms with E-state index in [9.17, 15) is 14.0 Å². The predicted molar refractivity (Wildman–Crippen MR) is 78.7 cm³/mol. The highest BCUT2D eigenvalue weighted by Crippen LogP contribution is 2.19. The van der Waals surface area contributed by atoms with Crippen molar-refractivity contribution >= 4 is 11.8 Å². The smallest absolute Gasteiger partial charge is 0.237 e. The quantitative estimate of drug-likeness (QED) is 0.704. The van der Waals surface area contributed by atoms with E-state index in [0.29, 0.717) is 11.1 Å². The van der Waals surface area contributed by atoms with Crippen molar-refractivity contribution in [1.82, 2.24) is 5.32 Å². The molecule has 0 aliphatic rings. The van der Waals surface area contributed by atoms with Crippen LogP contribution in [0.1, 0.15) is 43.7 Å².